The van der Waals surface area contributed by atoms with Crippen LogP contribution in [0.5, 0.6) is 0 Å². The van der Waals surface area contributed by atoms with E-state index in [9.17, 15) is 14.0 Å². The number of nitrogens with one attached hydrogen (secondary N) is 1. The third-order valence-corrected chi connectivity index (χ3v) is 7.94. The predicted octanol–water partition coefficient (Wildman–Crippen LogP) is 4.32. The summed E-state index contributed by atoms with van der Waals surface area (Å²) >= 11 is 0. The Labute approximate surface area is 201 Å². The lowest BCUT2D eigenvalue weighted by Gasteiger charge is -2.36. The molecule has 2 fully saturated rings. The first-order chi connectivity index (χ1) is 16.5. The molecule has 0 unspecified atom stereocenters. The second-order valence-electron chi connectivity index (χ2n) is 10.2. The fraction of sp³-hybridized carbons (Fsp3) is 0.500. The lowest BCUT2D eigenvalue weighted by atomic mass is 10.0. The fourth-order valence-electron chi connectivity index (χ4n) is 5.81. The van der Waals surface area contributed by atoms with Crippen molar-refractivity contribution in [1.82, 2.24) is 9.80 Å². The number of hydrogen-bond acceptors (Lipinski definition) is 3. The Hall–Kier alpha value is -2.73. The van der Waals surface area contributed by atoms with Gasteiger partial charge in [0.15, 0.2) is 0 Å². The number of nitrogens with zero attached hydrogens (tertiary/aromatic N) is 2. The lowest BCUT2D eigenvalue weighted by Crippen LogP contribution is -2.49. The van der Waals surface area contributed by atoms with E-state index in [2.05, 4.69) is 22.3 Å². The molecule has 0 atom stereocenters. The summed E-state index contributed by atoms with van der Waals surface area (Å²) in [5.74, 6) is 0.0403. The molecule has 2 aromatic rings. The molecule has 1 N–H and O–H groups in total. The van der Waals surface area contributed by atoms with E-state index >= 15 is 0 Å². The van der Waals surface area contributed by atoms with Crippen molar-refractivity contribution in [3.63, 3.8) is 0 Å². The average molecular weight is 464 g/mol. The Morgan fingerprint density at radius 3 is 2.26 bits per heavy atom. The number of fused-ring (bicyclic) bond motifs is 1. The van der Waals surface area contributed by atoms with Crippen molar-refractivity contribution >= 4 is 17.5 Å². The van der Waals surface area contributed by atoms with Crippen LogP contribution in [0.4, 0.5) is 10.1 Å². The van der Waals surface area contributed by atoms with Crippen LogP contribution in [-0.4, -0.2) is 47.8 Å². The van der Waals surface area contributed by atoms with Crippen molar-refractivity contribution in [1.29, 1.82) is 0 Å². The molecule has 1 saturated heterocycles. The molecule has 180 valence electrons. The summed E-state index contributed by atoms with van der Waals surface area (Å²) in [6.07, 6.45) is 5.86. The minimum Gasteiger partial charge on any atom is -0.340 e. The quantitative estimate of drug-likeness (QED) is 0.719. The molecule has 6 heteroatoms. The monoisotopic (exact) mass is 463 g/mol. The molecule has 0 radical (unpaired) electrons. The molecule has 1 heterocycles. The zero-order valence-corrected chi connectivity index (χ0v) is 20.0. The van der Waals surface area contributed by atoms with Gasteiger partial charge < -0.3 is 10.2 Å². The van der Waals surface area contributed by atoms with E-state index in [0.29, 0.717) is 18.1 Å². The van der Waals surface area contributed by atoms with Gasteiger partial charge in [0.05, 0.1) is 0 Å². The Bertz CT molecular complexity index is 1050. The van der Waals surface area contributed by atoms with E-state index in [1.165, 1.54) is 30.0 Å². The van der Waals surface area contributed by atoms with E-state index in [-0.39, 0.29) is 23.6 Å². The molecular formula is C28H34FN3O2. The first kappa shape index (κ1) is 23.0. The Balaban J connectivity index is 1.20. The van der Waals surface area contributed by atoms with Crippen molar-refractivity contribution in [2.75, 3.05) is 31.5 Å². The molecule has 0 bridgehead atoms. The van der Waals surface area contributed by atoms with Gasteiger partial charge in [-0.15, -0.1) is 0 Å². The molecule has 1 saturated carbocycles. The first-order valence-corrected chi connectivity index (χ1v) is 12.7. The maximum atomic E-state index is 14.5. The highest BCUT2D eigenvalue weighted by Gasteiger charge is 2.30. The number of amides is 2. The number of carbonyl (C=O) groups is 2. The molecule has 0 aromatic heterocycles. The van der Waals surface area contributed by atoms with E-state index in [1.807, 2.05) is 24.0 Å². The number of benzene rings is 2. The van der Waals surface area contributed by atoms with Crippen molar-refractivity contribution in [2.45, 2.75) is 52.0 Å². The van der Waals surface area contributed by atoms with Crippen LogP contribution >= 0.6 is 0 Å². The van der Waals surface area contributed by atoms with Crippen molar-refractivity contribution < 1.29 is 14.0 Å². The number of hydrogen-bond donors (Lipinski definition) is 1. The molecule has 3 aliphatic rings. The summed E-state index contributed by atoms with van der Waals surface area (Å²) in [5, 5.41) is 3.01. The normalized spacial score (nSPS) is 19.4. The highest BCUT2D eigenvalue weighted by Crippen LogP contribution is 2.30. The summed E-state index contributed by atoms with van der Waals surface area (Å²) in [6.45, 7) is 5.61. The van der Waals surface area contributed by atoms with Crippen molar-refractivity contribution in [3.05, 3.63) is 64.5 Å². The summed E-state index contributed by atoms with van der Waals surface area (Å²) in [5.41, 5.74) is 4.82. The standard InChI is InChI=1S/C28H34FN3O2/c1-19-24(18-31-10-12-32(13-11-31)28(34)20-6-2-3-7-20)16-25(29)17-26(19)30-27(33)23-14-21-8-4-5-9-22(21)15-23/h4-5,8-9,16-17,20,23H,2-3,6-7,10-15,18H2,1H3,(H,30,33). The minimum atomic E-state index is -0.333. The lowest BCUT2D eigenvalue weighted by molar-refractivity contribution is -0.137. The van der Waals surface area contributed by atoms with E-state index < -0.39 is 0 Å². The van der Waals surface area contributed by atoms with Gasteiger partial charge in [-0.25, -0.2) is 4.39 Å². The van der Waals surface area contributed by atoms with Crippen LogP contribution in [0.1, 0.15) is 47.9 Å². The average Bonchev–Trinajstić information content (AvgIpc) is 3.52. The van der Waals surface area contributed by atoms with Crippen LogP contribution in [-0.2, 0) is 29.0 Å². The van der Waals surface area contributed by atoms with Gasteiger partial charge in [-0.05, 0) is 67.0 Å². The zero-order valence-electron chi connectivity index (χ0n) is 20.0. The van der Waals surface area contributed by atoms with Crippen LogP contribution in [0.2, 0.25) is 0 Å². The van der Waals surface area contributed by atoms with Gasteiger partial charge in [0, 0.05) is 50.2 Å². The summed E-state index contributed by atoms with van der Waals surface area (Å²) in [4.78, 5) is 30.0. The number of carbonyl (C=O) groups excluding carboxylic acids is 2. The molecule has 2 aromatic carbocycles. The van der Waals surface area contributed by atoms with Gasteiger partial charge in [-0.3, -0.25) is 14.5 Å². The third kappa shape index (κ3) is 4.88. The van der Waals surface area contributed by atoms with Gasteiger partial charge in [-0.2, -0.15) is 0 Å². The highest BCUT2D eigenvalue weighted by atomic mass is 19.1. The number of halogens is 1. The summed E-state index contributed by atoms with van der Waals surface area (Å²) in [7, 11) is 0. The van der Waals surface area contributed by atoms with E-state index in [1.54, 1.807) is 6.07 Å². The first-order valence-electron chi connectivity index (χ1n) is 12.7. The number of piperazine rings is 1. The van der Waals surface area contributed by atoms with Crippen LogP contribution in [0, 0.1) is 24.6 Å². The molecule has 2 aliphatic carbocycles. The minimum absolute atomic E-state index is 0.0464. The fourth-order valence-corrected chi connectivity index (χ4v) is 5.81. The molecule has 34 heavy (non-hydrogen) atoms. The highest BCUT2D eigenvalue weighted by molar-refractivity contribution is 5.94. The van der Waals surface area contributed by atoms with Gasteiger partial charge in [-0.1, -0.05) is 37.1 Å². The largest absolute Gasteiger partial charge is 0.340 e. The van der Waals surface area contributed by atoms with Gasteiger partial charge in [0.2, 0.25) is 11.8 Å². The molecule has 2 amide bonds. The summed E-state index contributed by atoms with van der Waals surface area (Å²) < 4.78 is 14.5. The van der Waals surface area contributed by atoms with Gasteiger partial charge in [0.25, 0.3) is 0 Å². The van der Waals surface area contributed by atoms with Crippen molar-refractivity contribution in [2.24, 2.45) is 11.8 Å². The van der Waals surface area contributed by atoms with Gasteiger partial charge >= 0.3 is 0 Å². The Morgan fingerprint density at radius 1 is 0.971 bits per heavy atom. The molecule has 5 rings (SSSR count). The second kappa shape index (κ2) is 9.87. The molecular weight excluding hydrogens is 429 g/mol. The summed E-state index contributed by atoms with van der Waals surface area (Å²) in [6, 6.07) is 11.2. The smallest absolute Gasteiger partial charge is 0.228 e. The number of anilines is 1. The maximum absolute atomic E-state index is 14.5. The Kier molecular flexibility index (Phi) is 6.68. The maximum Gasteiger partial charge on any atom is 0.228 e. The Morgan fingerprint density at radius 2 is 1.62 bits per heavy atom. The van der Waals surface area contributed by atoms with E-state index in [4.69, 9.17) is 0 Å². The van der Waals surface area contributed by atoms with Crippen molar-refractivity contribution in [3.8, 4) is 0 Å². The van der Waals surface area contributed by atoms with Crippen LogP contribution in [0.25, 0.3) is 0 Å². The zero-order chi connectivity index (χ0) is 23.7. The SMILES string of the molecule is Cc1c(CN2CCN(C(=O)C3CCCC3)CC2)cc(F)cc1NC(=O)C1Cc2ccccc2C1. The second-order valence-corrected chi connectivity index (χ2v) is 10.2. The van der Waals surface area contributed by atoms with Gasteiger partial charge in [0.1, 0.15) is 5.82 Å². The molecule has 1 aliphatic heterocycles. The predicted molar refractivity (Wildman–Crippen MR) is 131 cm³/mol. The molecule has 5 nitrogen and oxygen atoms in total. The molecule has 0 spiro atoms. The topological polar surface area (TPSA) is 52.6 Å². The van der Waals surface area contributed by atoms with E-state index in [0.717, 1.165) is 63.0 Å². The third-order valence-electron chi connectivity index (χ3n) is 7.94. The van der Waals surface area contributed by atoms with Crippen LogP contribution in [0.3, 0.4) is 0 Å². The van der Waals surface area contributed by atoms with Crippen LogP contribution < -0.4 is 5.32 Å². The van der Waals surface area contributed by atoms with Crippen LogP contribution in [0.15, 0.2) is 36.4 Å². The number of rotatable bonds is 5.